The standard InChI is InChI=1S/C17H11FN2S/c1-11-9-21-10-15(11)17-14(8-19)12(6-7-20-17)13-4-2-3-5-16(13)18/h2-7,9-10H,1H3. The van der Waals surface area contributed by atoms with Gasteiger partial charge in [0.1, 0.15) is 11.9 Å². The first-order valence-electron chi connectivity index (χ1n) is 6.39. The summed E-state index contributed by atoms with van der Waals surface area (Å²) in [7, 11) is 0. The number of nitrogens with zero attached hydrogens (tertiary/aromatic N) is 2. The summed E-state index contributed by atoms with van der Waals surface area (Å²) < 4.78 is 14.0. The Morgan fingerprint density at radius 1 is 1.10 bits per heavy atom. The summed E-state index contributed by atoms with van der Waals surface area (Å²) in [4.78, 5) is 4.33. The second kappa shape index (κ2) is 5.47. The summed E-state index contributed by atoms with van der Waals surface area (Å²) >= 11 is 1.56. The predicted octanol–water partition coefficient (Wildman–Crippen LogP) is 4.80. The zero-order valence-corrected chi connectivity index (χ0v) is 12.1. The first kappa shape index (κ1) is 13.5. The number of benzene rings is 1. The van der Waals surface area contributed by atoms with Crippen LogP contribution in [0.3, 0.4) is 0 Å². The molecule has 2 nitrogen and oxygen atoms in total. The van der Waals surface area contributed by atoms with E-state index in [9.17, 15) is 9.65 Å². The van der Waals surface area contributed by atoms with Gasteiger partial charge in [0.2, 0.25) is 0 Å². The van der Waals surface area contributed by atoms with E-state index in [1.165, 1.54) is 6.07 Å². The fourth-order valence-electron chi connectivity index (χ4n) is 2.29. The molecule has 0 N–H and O–H groups in total. The van der Waals surface area contributed by atoms with Crippen molar-refractivity contribution in [2.75, 3.05) is 0 Å². The Morgan fingerprint density at radius 2 is 1.90 bits per heavy atom. The van der Waals surface area contributed by atoms with Gasteiger partial charge in [0, 0.05) is 28.3 Å². The minimum absolute atomic E-state index is 0.340. The van der Waals surface area contributed by atoms with Gasteiger partial charge in [-0.3, -0.25) is 4.98 Å². The Hall–Kier alpha value is -2.51. The van der Waals surface area contributed by atoms with Crippen LogP contribution in [-0.2, 0) is 0 Å². The third kappa shape index (κ3) is 2.32. The van der Waals surface area contributed by atoms with E-state index >= 15 is 0 Å². The van der Waals surface area contributed by atoms with Gasteiger partial charge in [0.15, 0.2) is 0 Å². The Balaban J connectivity index is 2.28. The fraction of sp³-hybridized carbons (Fsp3) is 0.0588. The van der Waals surface area contributed by atoms with Crippen molar-refractivity contribution in [2.24, 2.45) is 0 Å². The van der Waals surface area contributed by atoms with Gasteiger partial charge in [0.05, 0.1) is 11.3 Å². The number of aromatic nitrogens is 1. The Bertz CT molecular complexity index is 846. The quantitative estimate of drug-likeness (QED) is 0.681. The molecule has 3 rings (SSSR count). The molecule has 3 aromatic rings. The predicted molar refractivity (Wildman–Crippen MR) is 82.4 cm³/mol. The van der Waals surface area contributed by atoms with Gasteiger partial charge in [-0.2, -0.15) is 16.6 Å². The highest BCUT2D eigenvalue weighted by atomic mass is 32.1. The van der Waals surface area contributed by atoms with Crippen molar-refractivity contribution in [3.8, 4) is 28.5 Å². The third-order valence-electron chi connectivity index (χ3n) is 3.34. The fourth-order valence-corrected chi connectivity index (χ4v) is 3.12. The van der Waals surface area contributed by atoms with Crippen molar-refractivity contribution in [1.82, 2.24) is 4.98 Å². The van der Waals surface area contributed by atoms with Crippen molar-refractivity contribution in [3.63, 3.8) is 0 Å². The molecule has 0 amide bonds. The van der Waals surface area contributed by atoms with E-state index < -0.39 is 0 Å². The molecule has 0 saturated heterocycles. The Labute approximate surface area is 126 Å². The highest BCUT2D eigenvalue weighted by molar-refractivity contribution is 7.08. The molecule has 4 heteroatoms. The normalized spacial score (nSPS) is 10.3. The maximum Gasteiger partial charge on any atom is 0.131 e. The summed E-state index contributed by atoms with van der Waals surface area (Å²) in [5.74, 6) is -0.340. The summed E-state index contributed by atoms with van der Waals surface area (Å²) in [5.41, 5.74) is 4.00. The smallest absolute Gasteiger partial charge is 0.131 e. The zero-order chi connectivity index (χ0) is 14.8. The van der Waals surface area contributed by atoms with E-state index in [1.54, 1.807) is 41.8 Å². The van der Waals surface area contributed by atoms with E-state index in [4.69, 9.17) is 0 Å². The minimum Gasteiger partial charge on any atom is -0.255 e. The minimum atomic E-state index is -0.340. The average Bonchev–Trinajstić information content (AvgIpc) is 2.93. The summed E-state index contributed by atoms with van der Waals surface area (Å²) in [6, 6.07) is 10.3. The highest BCUT2D eigenvalue weighted by Crippen LogP contribution is 2.34. The lowest BCUT2D eigenvalue weighted by atomic mass is 9.96. The number of hydrogen-bond donors (Lipinski definition) is 0. The first-order valence-corrected chi connectivity index (χ1v) is 7.34. The molecule has 102 valence electrons. The number of aryl methyl sites for hydroxylation is 1. The van der Waals surface area contributed by atoms with Crippen LogP contribution in [0.15, 0.2) is 47.3 Å². The van der Waals surface area contributed by atoms with E-state index in [0.717, 1.165) is 11.1 Å². The van der Waals surface area contributed by atoms with Crippen molar-refractivity contribution >= 4 is 11.3 Å². The maximum absolute atomic E-state index is 14.0. The molecule has 0 saturated carbocycles. The Morgan fingerprint density at radius 3 is 2.57 bits per heavy atom. The second-order valence-electron chi connectivity index (χ2n) is 4.64. The lowest BCUT2D eigenvalue weighted by Crippen LogP contribution is -1.94. The van der Waals surface area contributed by atoms with Gasteiger partial charge in [-0.05, 0) is 30.0 Å². The topological polar surface area (TPSA) is 36.7 Å². The lowest BCUT2D eigenvalue weighted by molar-refractivity contribution is 0.631. The molecular weight excluding hydrogens is 283 g/mol. The van der Waals surface area contributed by atoms with Gasteiger partial charge in [-0.15, -0.1) is 0 Å². The van der Waals surface area contributed by atoms with Gasteiger partial charge in [-0.25, -0.2) is 4.39 Å². The molecule has 0 unspecified atom stereocenters. The molecule has 0 atom stereocenters. The third-order valence-corrected chi connectivity index (χ3v) is 4.20. The van der Waals surface area contributed by atoms with Gasteiger partial charge in [-0.1, -0.05) is 18.2 Å². The van der Waals surface area contributed by atoms with E-state index in [2.05, 4.69) is 11.1 Å². The molecule has 2 heterocycles. The molecule has 0 aliphatic rings. The van der Waals surface area contributed by atoms with Gasteiger partial charge >= 0.3 is 0 Å². The molecule has 1 aromatic carbocycles. The first-order chi connectivity index (χ1) is 10.2. The lowest BCUT2D eigenvalue weighted by Gasteiger charge is -2.09. The SMILES string of the molecule is Cc1cscc1-c1nccc(-c2ccccc2F)c1C#N. The molecule has 0 fully saturated rings. The molecule has 0 aliphatic carbocycles. The van der Waals surface area contributed by atoms with Crippen molar-refractivity contribution in [2.45, 2.75) is 6.92 Å². The molecule has 0 bridgehead atoms. The van der Waals surface area contributed by atoms with Crippen LogP contribution in [0.1, 0.15) is 11.1 Å². The summed E-state index contributed by atoms with van der Waals surface area (Å²) in [6.07, 6.45) is 1.62. The number of halogens is 1. The number of nitriles is 1. The molecule has 0 spiro atoms. The summed E-state index contributed by atoms with van der Waals surface area (Å²) in [6.45, 7) is 1.98. The van der Waals surface area contributed by atoms with Crippen LogP contribution < -0.4 is 0 Å². The monoisotopic (exact) mass is 294 g/mol. The number of thiophene rings is 1. The van der Waals surface area contributed by atoms with E-state index in [0.29, 0.717) is 22.4 Å². The van der Waals surface area contributed by atoms with E-state index in [1.807, 2.05) is 17.7 Å². The van der Waals surface area contributed by atoms with Crippen LogP contribution in [0.5, 0.6) is 0 Å². The van der Waals surface area contributed by atoms with Gasteiger partial charge < -0.3 is 0 Å². The number of rotatable bonds is 2. The molecule has 0 radical (unpaired) electrons. The average molecular weight is 294 g/mol. The van der Waals surface area contributed by atoms with Crippen LogP contribution >= 0.6 is 11.3 Å². The maximum atomic E-state index is 14.0. The highest BCUT2D eigenvalue weighted by Gasteiger charge is 2.16. The molecule has 21 heavy (non-hydrogen) atoms. The molecule has 2 aromatic heterocycles. The number of pyridine rings is 1. The van der Waals surface area contributed by atoms with Crippen LogP contribution in [-0.4, -0.2) is 4.98 Å². The largest absolute Gasteiger partial charge is 0.255 e. The number of hydrogen-bond acceptors (Lipinski definition) is 3. The van der Waals surface area contributed by atoms with E-state index in [-0.39, 0.29) is 5.82 Å². The van der Waals surface area contributed by atoms with Crippen LogP contribution in [0.4, 0.5) is 4.39 Å². The Kier molecular flexibility index (Phi) is 3.51. The molecule has 0 aliphatic heterocycles. The zero-order valence-electron chi connectivity index (χ0n) is 11.3. The molecular formula is C17H11FN2S. The van der Waals surface area contributed by atoms with Crippen molar-refractivity contribution < 1.29 is 4.39 Å². The summed E-state index contributed by atoms with van der Waals surface area (Å²) in [5, 5.41) is 13.5. The van der Waals surface area contributed by atoms with Crippen LogP contribution in [0.2, 0.25) is 0 Å². The van der Waals surface area contributed by atoms with Crippen molar-refractivity contribution in [3.05, 3.63) is 64.2 Å². The van der Waals surface area contributed by atoms with Crippen LogP contribution in [0, 0.1) is 24.1 Å². The van der Waals surface area contributed by atoms with Gasteiger partial charge in [0.25, 0.3) is 0 Å². The second-order valence-corrected chi connectivity index (χ2v) is 5.39. The van der Waals surface area contributed by atoms with Crippen molar-refractivity contribution in [1.29, 1.82) is 5.26 Å². The van der Waals surface area contributed by atoms with Crippen LogP contribution in [0.25, 0.3) is 22.4 Å².